The minimum atomic E-state index is 0.351. The number of hydrogen-bond donors (Lipinski definition) is 1. The quantitative estimate of drug-likeness (QED) is 0.677. The Labute approximate surface area is 93.6 Å². The van der Waals surface area contributed by atoms with E-state index in [-0.39, 0.29) is 0 Å². The fourth-order valence-electron chi connectivity index (χ4n) is 1.48. The molecular formula is C11H26N2S. The number of thioether (sulfide) groups is 1. The molecule has 0 aromatic heterocycles. The fourth-order valence-corrected chi connectivity index (χ4v) is 2.21. The molecule has 0 aliphatic heterocycles. The van der Waals surface area contributed by atoms with E-state index in [9.17, 15) is 0 Å². The zero-order chi connectivity index (χ0) is 11.0. The van der Waals surface area contributed by atoms with Crippen LogP contribution in [0.25, 0.3) is 0 Å². The van der Waals surface area contributed by atoms with Gasteiger partial charge in [-0.2, -0.15) is 11.8 Å². The average molecular weight is 218 g/mol. The van der Waals surface area contributed by atoms with Gasteiger partial charge in [-0.05, 0) is 26.6 Å². The summed E-state index contributed by atoms with van der Waals surface area (Å²) in [6, 6.07) is 0.988. The SMILES string of the molecule is CCCCC(N)CN(C)C(C)CSC. The van der Waals surface area contributed by atoms with Crippen molar-refractivity contribution >= 4 is 11.8 Å². The van der Waals surface area contributed by atoms with Crippen LogP contribution in [0, 0.1) is 0 Å². The lowest BCUT2D eigenvalue weighted by atomic mass is 10.1. The summed E-state index contributed by atoms with van der Waals surface area (Å²) < 4.78 is 0. The topological polar surface area (TPSA) is 29.3 Å². The van der Waals surface area contributed by atoms with E-state index < -0.39 is 0 Å². The second kappa shape index (κ2) is 8.57. The molecule has 2 atom stereocenters. The molecule has 86 valence electrons. The van der Waals surface area contributed by atoms with Crippen molar-refractivity contribution in [2.24, 2.45) is 5.73 Å². The molecule has 0 aromatic carbocycles. The molecule has 0 aliphatic rings. The number of rotatable bonds is 8. The van der Waals surface area contributed by atoms with Gasteiger partial charge >= 0.3 is 0 Å². The molecule has 2 N–H and O–H groups in total. The summed E-state index contributed by atoms with van der Waals surface area (Å²) in [6.45, 7) is 5.51. The standard InChI is InChI=1S/C11H26N2S/c1-5-6-7-11(12)8-13(3)10(2)9-14-4/h10-11H,5-9,12H2,1-4H3. The largest absolute Gasteiger partial charge is 0.327 e. The first-order valence-electron chi connectivity index (χ1n) is 5.56. The van der Waals surface area contributed by atoms with E-state index in [0.29, 0.717) is 12.1 Å². The van der Waals surface area contributed by atoms with Crippen molar-refractivity contribution in [2.45, 2.75) is 45.2 Å². The summed E-state index contributed by atoms with van der Waals surface area (Å²) >= 11 is 1.90. The van der Waals surface area contributed by atoms with Crippen molar-refractivity contribution in [3.63, 3.8) is 0 Å². The zero-order valence-electron chi connectivity index (χ0n) is 10.1. The van der Waals surface area contributed by atoms with Crippen LogP contribution in [0.15, 0.2) is 0 Å². The maximum atomic E-state index is 6.05. The van der Waals surface area contributed by atoms with Gasteiger partial charge in [-0.15, -0.1) is 0 Å². The van der Waals surface area contributed by atoms with Gasteiger partial charge in [0.1, 0.15) is 0 Å². The van der Waals surface area contributed by atoms with E-state index in [1.165, 1.54) is 18.6 Å². The van der Waals surface area contributed by atoms with Gasteiger partial charge in [0.2, 0.25) is 0 Å². The predicted molar refractivity (Wildman–Crippen MR) is 68.0 cm³/mol. The molecule has 0 bridgehead atoms. The summed E-state index contributed by atoms with van der Waals surface area (Å²) in [5, 5.41) is 0. The smallest absolute Gasteiger partial charge is 0.0167 e. The summed E-state index contributed by atoms with van der Waals surface area (Å²) in [4.78, 5) is 2.37. The highest BCUT2D eigenvalue weighted by Gasteiger charge is 2.11. The molecule has 0 saturated heterocycles. The average Bonchev–Trinajstić information content (AvgIpc) is 2.15. The van der Waals surface area contributed by atoms with E-state index in [0.717, 1.165) is 13.0 Å². The van der Waals surface area contributed by atoms with Gasteiger partial charge in [0.25, 0.3) is 0 Å². The van der Waals surface area contributed by atoms with E-state index in [4.69, 9.17) is 5.73 Å². The maximum absolute atomic E-state index is 6.05. The van der Waals surface area contributed by atoms with Crippen LogP contribution >= 0.6 is 11.8 Å². The lowest BCUT2D eigenvalue weighted by molar-refractivity contribution is 0.254. The number of nitrogens with zero attached hydrogens (tertiary/aromatic N) is 1. The van der Waals surface area contributed by atoms with Crippen LogP contribution in [0.2, 0.25) is 0 Å². The number of nitrogens with two attached hydrogens (primary N) is 1. The van der Waals surface area contributed by atoms with Crippen molar-refractivity contribution in [1.29, 1.82) is 0 Å². The molecular weight excluding hydrogens is 192 g/mol. The molecule has 2 unspecified atom stereocenters. The van der Waals surface area contributed by atoms with Gasteiger partial charge in [0.15, 0.2) is 0 Å². The summed E-state index contributed by atoms with van der Waals surface area (Å²) in [6.07, 6.45) is 5.82. The Morgan fingerprint density at radius 3 is 2.57 bits per heavy atom. The monoisotopic (exact) mass is 218 g/mol. The summed E-state index contributed by atoms with van der Waals surface area (Å²) in [5.41, 5.74) is 6.05. The van der Waals surface area contributed by atoms with E-state index in [2.05, 4.69) is 32.1 Å². The Kier molecular flexibility index (Phi) is 8.73. The van der Waals surface area contributed by atoms with Gasteiger partial charge in [0, 0.05) is 24.4 Å². The third-order valence-corrected chi connectivity index (χ3v) is 3.43. The number of hydrogen-bond acceptors (Lipinski definition) is 3. The number of unbranched alkanes of at least 4 members (excludes halogenated alkanes) is 1. The highest BCUT2D eigenvalue weighted by molar-refractivity contribution is 7.98. The van der Waals surface area contributed by atoms with E-state index >= 15 is 0 Å². The summed E-state index contributed by atoms with van der Waals surface area (Å²) in [5.74, 6) is 1.19. The second-order valence-corrected chi connectivity index (χ2v) is 5.06. The lowest BCUT2D eigenvalue weighted by Crippen LogP contribution is -2.40. The van der Waals surface area contributed by atoms with E-state index in [1.807, 2.05) is 11.8 Å². The molecule has 2 nitrogen and oxygen atoms in total. The maximum Gasteiger partial charge on any atom is 0.0167 e. The predicted octanol–water partition coefficient (Wildman–Crippen LogP) is 2.19. The molecule has 0 spiro atoms. The fraction of sp³-hybridized carbons (Fsp3) is 1.00. The molecule has 14 heavy (non-hydrogen) atoms. The van der Waals surface area contributed by atoms with Gasteiger partial charge in [-0.25, -0.2) is 0 Å². The normalized spacial score (nSPS) is 15.9. The van der Waals surface area contributed by atoms with E-state index in [1.54, 1.807) is 0 Å². The van der Waals surface area contributed by atoms with Crippen LogP contribution in [0.3, 0.4) is 0 Å². The van der Waals surface area contributed by atoms with Gasteiger partial charge in [-0.3, -0.25) is 0 Å². The van der Waals surface area contributed by atoms with Crippen LogP contribution in [-0.2, 0) is 0 Å². The highest BCUT2D eigenvalue weighted by atomic mass is 32.2. The van der Waals surface area contributed by atoms with Crippen LogP contribution < -0.4 is 5.73 Å². The first kappa shape index (κ1) is 14.3. The molecule has 0 fully saturated rings. The van der Waals surface area contributed by atoms with Crippen molar-refractivity contribution in [2.75, 3.05) is 25.6 Å². The highest BCUT2D eigenvalue weighted by Crippen LogP contribution is 2.06. The van der Waals surface area contributed by atoms with Crippen molar-refractivity contribution in [3.8, 4) is 0 Å². The van der Waals surface area contributed by atoms with Crippen molar-refractivity contribution < 1.29 is 0 Å². The number of likely N-dealkylation sites (N-methyl/N-ethyl adjacent to an activating group) is 1. The zero-order valence-corrected chi connectivity index (χ0v) is 10.9. The van der Waals surface area contributed by atoms with Gasteiger partial charge in [-0.1, -0.05) is 19.8 Å². The van der Waals surface area contributed by atoms with Crippen LogP contribution in [0.5, 0.6) is 0 Å². The molecule has 0 amide bonds. The van der Waals surface area contributed by atoms with Crippen LogP contribution in [-0.4, -0.2) is 42.6 Å². The molecule has 0 aromatic rings. The molecule has 0 heterocycles. The minimum absolute atomic E-state index is 0.351. The van der Waals surface area contributed by atoms with Crippen LogP contribution in [0.4, 0.5) is 0 Å². The second-order valence-electron chi connectivity index (χ2n) is 4.15. The van der Waals surface area contributed by atoms with Crippen molar-refractivity contribution in [3.05, 3.63) is 0 Å². The van der Waals surface area contributed by atoms with Crippen LogP contribution in [0.1, 0.15) is 33.1 Å². The Morgan fingerprint density at radius 1 is 1.43 bits per heavy atom. The van der Waals surface area contributed by atoms with Gasteiger partial charge < -0.3 is 10.6 Å². The first-order chi connectivity index (χ1) is 6.61. The molecule has 0 radical (unpaired) electrons. The Hall–Kier alpha value is 0.270. The van der Waals surface area contributed by atoms with Gasteiger partial charge in [0.05, 0.1) is 0 Å². The third kappa shape index (κ3) is 6.68. The Bertz CT molecular complexity index is 130. The molecule has 0 rings (SSSR count). The first-order valence-corrected chi connectivity index (χ1v) is 6.95. The summed E-state index contributed by atoms with van der Waals surface area (Å²) in [7, 11) is 2.17. The Balaban J connectivity index is 3.63. The minimum Gasteiger partial charge on any atom is -0.327 e. The third-order valence-electron chi connectivity index (χ3n) is 2.61. The molecule has 0 aliphatic carbocycles. The molecule has 0 saturated carbocycles. The van der Waals surface area contributed by atoms with Crippen molar-refractivity contribution in [1.82, 2.24) is 4.90 Å². The molecule has 3 heteroatoms. The lowest BCUT2D eigenvalue weighted by Gasteiger charge is -2.26. The Morgan fingerprint density at radius 2 is 2.07 bits per heavy atom.